The van der Waals surface area contributed by atoms with E-state index >= 15 is 0 Å². The molecular weight excluding hydrogens is 266 g/mol. The molecule has 1 unspecified atom stereocenters. The number of nitrogens with one attached hydrogen (secondary N) is 1. The van der Waals surface area contributed by atoms with Gasteiger partial charge in [-0.2, -0.15) is 0 Å². The lowest BCUT2D eigenvalue weighted by Gasteiger charge is -2.25. The van der Waals surface area contributed by atoms with E-state index in [1.807, 2.05) is 6.07 Å². The molecule has 1 nitrogen and oxygen atoms in total. The van der Waals surface area contributed by atoms with Crippen LogP contribution in [0.1, 0.15) is 57.4 Å². The third-order valence-corrected chi connectivity index (χ3v) is 4.75. The van der Waals surface area contributed by atoms with Gasteiger partial charge in [-0.05, 0) is 49.4 Å². The lowest BCUT2D eigenvalue weighted by Crippen LogP contribution is -2.31. The van der Waals surface area contributed by atoms with Crippen LogP contribution in [0.2, 0.25) is 5.02 Å². The molecule has 1 atom stereocenters. The van der Waals surface area contributed by atoms with E-state index in [2.05, 4.69) is 30.4 Å². The zero-order valence-corrected chi connectivity index (χ0v) is 13.5. The first kappa shape index (κ1) is 15.9. The van der Waals surface area contributed by atoms with Gasteiger partial charge < -0.3 is 5.32 Å². The fraction of sp³-hybridized carbons (Fsp3) is 0.667. The topological polar surface area (TPSA) is 12.0 Å². The molecule has 1 fully saturated rings. The molecule has 0 aliphatic heterocycles. The Hall–Kier alpha value is -0.530. The first-order chi connectivity index (χ1) is 9.78. The van der Waals surface area contributed by atoms with E-state index in [9.17, 15) is 0 Å². The molecule has 2 rings (SSSR count). The zero-order valence-electron chi connectivity index (χ0n) is 12.7. The van der Waals surface area contributed by atoms with E-state index in [-0.39, 0.29) is 0 Å². The van der Waals surface area contributed by atoms with Gasteiger partial charge >= 0.3 is 0 Å². The Morgan fingerprint density at radius 2 is 2.05 bits per heavy atom. The first-order valence-electron chi connectivity index (χ1n) is 8.25. The quantitative estimate of drug-likeness (QED) is 0.726. The molecule has 0 spiro atoms. The smallest absolute Gasteiger partial charge is 0.0408 e. The van der Waals surface area contributed by atoms with Crippen LogP contribution in [-0.4, -0.2) is 12.6 Å². The molecule has 1 N–H and O–H groups in total. The molecule has 1 aromatic carbocycles. The molecule has 2 heteroatoms. The van der Waals surface area contributed by atoms with Crippen molar-refractivity contribution in [3.05, 3.63) is 34.9 Å². The first-order valence-corrected chi connectivity index (χ1v) is 8.63. The minimum Gasteiger partial charge on any atom is -0.314 e. The molecule has 112 valence electrons. The Kier molecular flexibility index (Phi) is 6.89. The highest BCUT2D eigenvalue weighted by Gasteiger charge is 2.16. The van der Waals surface area contributed by atoms with Gasteiger partial charge in [-0.1, -0.05) is 62.8 Å². The Morgan fingerprint density at radius 1 is 1.25 bits per heavy atom. The van der Waals surface area contributed by atoms with Gasteiger partial charge in [0.1, 0.15) is 0 Å². The summed E-state index contributed by atoms with van der Waals surface area (Å²) in [6, 6.07) is 8.90. The Bertz CT molecular complexity index is 385. The predicted octanol–water partition coefficient (Wildman–Crippen LogP) is 5.22. The SMILES string of the molecule is CCNC(CCC1CCCCC1)Cc1cccc(Cl)c1. The summed E-state index contributed by atoms with van der Waals surface area (Å²) in [7, 11) is 0. The van der Waals surface area contributed by atoms with Crippen LogP contribution in [0.15, 0.2) is 24.3 Å². The summed E-state index contributed by atoms with van der Waals surface area (Å²) >= 11 is 6.08. The third kappa shape index (κ3) is 5.46. The summed E-state index contributed by atoms with van der Waals surface area (Å²) in [6.07, 6.45) is 11.0. The molecule has 1 aliphatic rings. The van der Waals surface area contributed by atoms with Crippen molar-refractivity contribution in [2.45, 2.75) is 64.3 Å². The van der Waals surface area contributed by atoms with E-state index in [0.717, 1.165) is 23.9 Å². The van der Waals surface area contributed by atoms with Crippen LogP contribution in [0, 0.1) is 5.92 Å². The maximum Gasteiger partial charge on any atom is 0.0408 e. The van der Waals surface area contributed by atoms with E-state index < -0.39 is 0 Å². The fourth-order valence-electron chi connectivity index (χ4n) is 3.43. The third-order valence-electron chi connectivity index (χ3n) is 4.51. The largest absolute Gasteiger partial charge is 0.314 e. The molecule has 0 radical (unpaired) electrons. The molecule has 20 heavy (non-hydrogen) atoms. The maximum atomic E-state index is 6.08. The minimum absolute atomic E-state index is 0.598. The molecule has 0 heterocycles. The van der Waals surface area contributed by atoms with Crippen molar-refractivity contribution in [1.82, 2.24) is 5.32 Å². The lowest BCUT2D eigenvalue weighted by atomic mass is 9.84. The Balaban J connectivity index is 1.82. The van der Waals surface area contributed by atoms with Crippen molar-refractivity contribution < 1.29 is 0 Å². The molecule has 0 aromatic heterocycles. The van der Waals surface area contributed by atoms with Crippen LogP contribution in [0.4, 0.5) is 0 Å². The maximum absolute atomic E-state index is 6.08. The standard InChI is InChI=1S/C18H28ClN/c1-2-20-18(12-11-15-7-4-3-5-8-15)14-16-9-6-10-17(19)13-16/h6,9-10,13,15,18,20H,2-5,7-8,11-12,14H2,1H3. The van der Waals surface area contributed by atoms with Crippen LogP contribution in [0.3, 0.4) is 0 Å². The molecule has 1 aromatic rings. The predicted molar refractivity (Wildman–Crippen MR) is 88.4 cm³/mol. The van der Waals surface area contributed by atoms with Crippen molar-refractivity contribution in [1.29, 1.82) is 0 Å². The molecule has 1 saturated carbocycles. The summed E-state index contributed by atoms with van der Waals surface area (Å²) in [4.78, 5) is 0. The van der Waals surface area contributed by atoms with E-state index in [4.69, 9.17) is 11.6 Å². The number of hydrogen-bond donors (Lipinski definition) is 1. The van der Waals surface area contributed by atoms with Crippen molar-refractivity contribution in [2.24, 2.45) is 5.92 Å². The van der Waals surface area contributed by atoms with Crippen molar-refractivity contribution in [2.75, 3.05) is 6.54 Å². The van der Waals surface area contributed by atoms with Crippen molar-refractivity contribution >= 4 is 11.6 Å². The summed E-state index contributed by atoms with van der Waals surface area (Å²) in [5.41, 5.74) is 1.35. The summed E-state index contributed by atoms with van der Waals surface area (Å²) in [5.74, 6) is 0.976. The van der Waals surface area contributed by atoms with E-state index in [0.29, 0.717) is 6.04 Å². The minimum atomic E-state index is 0.598. The van der Waals surface area contributed by atoms with Gasteiger partial charge in [-0.15, -0.1) is 0 Å². The number of likely N-dealkylation sites (N-methyl/N-ethyl adjacent to an activating group) is 1. The average molecular weight is 294 g/mol. The summed E-state index contributed by atoms with van der Waals surface area (Å²) < 4.78 is 0. The Labute approximate surface area is 129 Å². The molecule has 1 aliphatic carbocycles. The highest BCUT2D eigenvalue weighted by Crippen LogP contribution is 2.28. The van der Waals surface area contributed by atoms with Crippen LogP contribution < -0.4 is 5.32 Å². The number of rotatable bonds is 7. The fourth-order valence-corrected chi connectivity index (χ4v) is 3.64. The lowest BCUT2D eigenvalue weighted by molar-refractivity contribution is 0.313. The monoisotopic (exact) mass is 293 g/mol. The molecule has 0 bridgehead atoms. The van der Waals surface area contributed by atoms with Crippen LogP contribution in [0.25, 0.3) is 0 Å². The second-order valence-electron chi connectivity index (χ2n) is 6.17. The van der Waals surface area contributed by atoms with Crippen LogP contribution in [-0.2, 0) is 6.42 Å². The van der Waals surface area contributed by atoms with Gasteiger partial charge in [0.25, 0.3) is 0 Å². The second-order valence-corrected chi connectivity index (χ2v) is 6.61. The van der Waals surface area contributed by atoms with Gasteiger partial charge in [-0.25, -0.2) is 0 Å². The van der Waals surface area contributed by atoms with Crippen LogP contribution in [0.5, 0.6) is 0 Å². The Morgan fingerprint density at radius 3 is 2.75 bits per heavy atom. The van der Waals surface area contributed by atoms with Crippen molar-refractivity contribution in [3.63, 3.8) is 0 Å². The molecule has 0 amide bonds. The number of benzene rings is 1. The van der Waals surface area contributed by atoms with Gasteiger partial charge in [0, 0.05) is 11.1 Å². The number of hydrogen-bond acceptors (Lipinski definition) is 1. The van der Waals surface area contributed by atoms with Crippen molar-refractivity contribution in [3.8, 4) is 0 Å². The summed E-state index contributed by atoms with van der Waals surface area (Å²) in [5, 5.41) is 4.50. The number of halogens is 1. The summed E-state index contributed by atoms with van der Waals surface area (Å²) in [6.45, 7) is 3.25. The highest BCUT2D eigenvalue weighted by molar-refractivity contribution is 6.30. The normalized spacial score (nSPS) is 18.1. The average Bonchev–Trinajstić information content (AvgIpc) is 2.46. The zero-order chi connectivity index (χ0) is 14.2. The second kappa shape index (κ2) is 8.69. The van der Waals surface area contributed by atoms with Gasteiger partial charge in [0.15, 0.2) is 0 Å². The highest BCUT2D eigenvalue weighted by atomic mass is 35.5. The van der Waals surface area contributed by atoms with Gasteiger partial charge in [0.05, 0.1) is 0 Å². The van der Waals surface area contributed by atoms with Gasteiger partial charge in [0.2, 0.25) is 0 Å². The van der Waals surface area contributed by atoms with E-state index in [1.165, 1.54) is 50.5 Å². The van der Waals surface area contributed by atoms with Crippen LogP contribution >= 0.6 is 11.6 Å². The van der Waals surface area contributed by atoms with E-state index in [1.54, 1.807) is 0 Å². The molecular formula is C18H28ClN. The van der Waals surface area contributed by atoms with Gasteiger partial charge in [-0.3, -0.25) is 0 Å². The molecule has 0 saturated heterocycles.